The number of anilines is 2. The van der Waals surface area contributed by atoms with Crippen LogP contribution in [0.2, 0.25) is 0 Å². The first-order valence-electron chi connectivity index (χ1n) is 10.1. The standard InChI is InChI=1S/C22H23N3O5.C2H6/c1-27-18-11-15(12-19(28-2)20(18)29-3)22(26)25-16-8-5-4-7-14(16)13-30-17-9-6-10-24-21(17)23;1-2/h4-12H,13H2,1-3H3,(H2,23,24)(H,25,26);1-2H3. The third-order valence-corrected chi connectivity index (χ3v) is 4.38. The molecule has 0 saturated carbocycles. The molecule has 1 amide bonds. The van der Waals surface area contributed by atoms with Crippen LogP contribution in [0.1, 0.15) is 29.8 Å². The Morgan fingerprint density at radius 1 is 0.938 bits per heavy atom. The highest BCUT2D eigenvalue weighted by Gasteiger charge is 2.18. The zero-order valence-electron chi connectivity index (χ0n) is 19.0. The van der Waals surface area contributed by atoms with E-state index in [9.17, 15) is 4.79 Å². The number of pyridine rings is 1. The minimum Gasteiger partial charge on any atom is -0.493 e. The van der Waals surface area contributed by atoms with Crippen LogP contribution in [0.3, 0.4) is 0 Å². The topological polar surface area (TPSA) is 105 Å². The molecule has 8 heteroatoms. The van der Waals surface area contributed by atoms with Crippen molar-refractivity contribution in [3.63, 3.8) is 0 Å². The van der Waals surface area contributed by atoms with Gasteiger partial charge in [0.15, 0.2) is 23.1 Å². The van der Waals surface area contributed by atoms with Gasteiger partial charge in [-0.1, -0.05) is 32.0 Å². The zero-order valence-corrected chi connectivity index (χ0v) is 19.0. The molecule has 0 saturated heterocycles. The summed E-state index contributed by atoms with van der Waals surface area (Å²) >= 11 is 0. The Balaban J connectivity index is 0.00000176. The lowest BCUT2D eigenvalue weighted by molar-refractivity contribution is 0.102. The molecule has 1 heterocycles. The Morgan fingerprint density at radius 3 is 2.19 bits per heavy atom. The first-order chi connectivity index (χ1) is 15.6. The smallest absolute Gasteiger partial charge is 0.255 e. The van der Waals surface area contributed by atoms with Crippen molar-refractivity contribution >= 4 is 17.4 Å². The van der Waals surface area contributed by atoms with Crippen molar-refractivity contribution in [1.29, 1.82) is 0 Å². The molecule has 0 fully saturated rings. The van der Waals surface area contributed by atoms with Gasteiger partial charge < -0.3 is 30.0 Å². The van der Waals surface area contributed by atoms with E-state index >= 15 is 0 Å². The molecule has 0 aliphatic heterocycles. The molecule has 0 aliphatic carbocycles. The summed E-state index contributed by atoms with van der Waals surface area (Å²) < 4.78 is 21.7. The Morgan fingerprint density at radius 2 is 1.59 bits per heavy atom. The van der Waals surface area contributed by atoms with Gasteiger partial charge in [-0.15, -0.1) is 0 Å². The number of carbonyl (C=O) groups is 1. The largest absolute Gasteiger partial charge is 0.493 e. The minimum atomic E-state index is -0.331. The van der Waals surface area contributed by atoms with Crippen LogP contribution in [-0.4, -0.2) is 32.2 Å². The molecule has 0 spiro atoms. The van der Waals surface area contributed by atoms with E-state index in [-0.39, 0.29) is 12.5 Å². The van der Waals surface area contributed by atoms with Gasteiger partial charge >= 0.3 is 0 Å². The molecule has 8 nitrogen and oxygen atoms in total. The summed E-state index contributed by atoms with van der Waals surface area (Å²) in [5.41, 5.74) is 7.57. The number of ether oxygens (including phenoxy) is 4. The van der Waals surface area contributed by atoms with Crippen molar-refractivity contribution in [1.82, 2.24) is 4.98 Å². The van der Waals surface area contributed by atoms with E-state index in [1.165, 1.54) is 21.3 Å². The van der Waals surface area contributed by atoms with Gasteiger partial charge in [-0.2, -0.15) is 0 Å². The van der Waals surface area contributed by atoms with Crippen LogP contribution in [0.5, 0.6) is 23.0 Å². The molecular formula is C24H29N3O5. The number of aromatic nitrogens is 1. The maximum Gasteiger partial charge on any atom is 0.255 e. The molecule has 170 valence electrons. The lowest BCUT2D eigenvalue weighted by Crippen LogP contribution is -2.14. The van der Waals surface area contributed by atoms with Gasteiger partial charge in [0.1, 0.15) is 6.61 Å². The second kappa shape index (κ2) is 12.0. The quantitative estimate of drug-likeness (QED) is 0.531. The van der Waals surface area contributed by atoms with Crippen molar-refractivity contribution in [3.8, 4) is 23.0 Å². The maximum absolute atomic E-state index is 12.9. The molecule has 2 aromatic carbocycles. The highest BCUT2D eigenvalue weighted by molar-refractivity contribution is 6.05. The van der Waals surface area contributed by atoms with Gasteiger partial charge in [0, 0.05) is 23.0 Å². The number of amides is 1. The first kappa shape index (κ1) is 24.3. The van der Waals surface area contributed by atoms with Crippen LogP contribution in [-0.2, 0) is 6.61 Å². The number of hydrogen-bond acceptors (Lipinski definition) is 7. The fourth-order valence-electron chi connectivity index (χ4n) is 2.86. The molecule has 0 bridgehead atoms. The molecule has 3 aromatic rings. The Kier molecular flexibility index (Phi) is 9.16. The van der Waals surface area contributed by atoms with Crippen LogP contribution in [0.4, 0.5) is 11.5 Å². The molecule has 1 aromatic heterocycles. The first-order valence-corrected chi connectivity index (χ1v) is 10.1. The zero-order chi connectivity index (χ0) is 23.5. The van der Waals surface area contributed by atoms with Crippen LogP contribution in [0.15, 0.2) is 54.7 Å². The molecule has 0 unspecified atom stereocenters. The summed E-state index contributed by atoms with van der Waals surface area (Å²) in [6, 6.07) is 14.0. The van der Waals surface area contributed by atoms with E-state index < -0.39 is 0 Å². The number of benzene rings is 2. The van der Waals surface area contributed by atoms with Crippen molar-refractivity contribution < 1.29 is 23.7 Å². The highest BCUT2D eigenvalue weighted by Crippen LogP contribution is 2.38. The number of nitrogen functional groups attached to an aromatic ring is 1. The summed E-state index contributed by atoms with van der Waals surface area (Å²) in [4.78, 5) is 16.9. The maximum atomic E-state index is 12.9. The Bertz CT molecular complexity index is 1010. The molecule has 0 radical (unpaired) electrons. The lowest BCUT2D eigenvalue weighted by Gasteiger charge is -2.15. The number of nitrogens with two attached hydrogens (primary N) is 1. The lowest BCUT2D eigenvalue weighted by atomic mass is 10.1. The fraction of sp³-hybridized carbons (Fsp3) is 0.250. The third kappa shape index (κ3) is 5.81. The second-order valence-corrected chi connectivity index (χ2v) is 6.20. The van der Waals surface area contributed by atoms with Crippen molar-refractivity contribution in [2.24, 2.45) is 0 Å². The number of methoxy groups -OCH3 is 3. The van der Waals surface area contributed by atoms with Crippen molar-refractivity contribution in [2.75, 3.05) is 32.4 Å². The van der Waals surface area contributed by atoms with Gasteiger partial charge in [-0.25, -0.2) is 4.98 Å². The summed E-state index contributed by atoms with van der Waals surface area (Å²) in [5, 5.41) is 2.90. The van der Waals surface area contributed by atoms with E-state index in [2.05, 4.69) is 10.3 Å². The summed E-state index contributed by atoms with van der Waals surface area (Å²) in [7, 11) is 4.50. The molecule has 0 atom stereocenters. The van der Waals surface area contributed by atoms with Crippen LogP contribution in [0.25, 0.3) is 0 Å². The van der Waals surface area contributed by atoms with Gasteiger partial charge in [0.05, 0.1) is 21.3 Å². The van der Waals surface area contributed by atoms with E-state index in [1.54, 1.807) is 36.5 Å². The second-order valence-electron chi connectivity index (χ2n) is 6.20. The molecular weight excluding hydrogens is 410 g/mol. The SMILES string of the molecule is CC.COc1cc(C(=O)Nc2ccccc2COc2cccnc2N)cc(OC)c1OC. The van der Waals surface area contributed by atoms with E-state index in [0.717, 1.165) is 5.56 Å². The summed E-state index contributed by atoms with van der Waals surface area (Å²) in [6.45, 7) is 4.21. The summed E-state index contributed by atoms with van der Waals surface area (Å²) in [6.07, 6.45) is 1.59. The minimum absolute atomic E-state index is 0.210. The normalized spacial score (nSPS) is 9.78. The molecule has 0 aliphatic rings. The molecule has 32 heavy (non-hydrogen) atoms. The average Bonchev–Trinajstić information content (AvgIpc) is 2.84. The Hall–Kier alpha value is -3.94. The molecule has 3 rings (SSSR count). The third-order valence-electron chi connectivity index (χ3n) is 4.38. The Labute approximate surface area is 188 Å². The van der Waals surface area contributed by atoms with Gasteiger partial charge in [-0.3, -0.25) is 4.79 Å². The van der Waals surface area contributed by atoms with E-state index in [0.29, 0.717) is 40.1 Å². The number of hydrogen-bond donors (Lipinski definition) is 2. The predicted octanol–water partition coefficient (Wildman–Crippen LogP) is 4.55. The predicted molar refractivity (Wildman–Crippen MR) is 125 cm³/mol. The summed E-state index contributed by atoms with van der Waals surface area (Å²) in [5.74, 6) is 1.65. The highest BCUT2D eigenvalue weighted by atomic mass is 16.5. The van der Waals surface area contributed by atoms with Gasteiger partial charge in [0.25, 0.3) is 5.91 Å². The van der Waals surface area contributed by atoms with Gasteiger partial charge in [-0.05, 0) is 30.3 Å². The molecule has 3 N–H and O–H groups in total. The van der Waals surface area contributed by atoms with Crippen LogP contribution < -0.4 is 30.0 Å². The number of para-hydroxylation sites is 1. The number of carbonyl (C=O) groups excluding carboxylic acids is 1. The van der Waals surface area contributed by atoms with Gasteiger partial charge in [0.2, 0.25) is 5.75 Å². The fourth-order valence-corrected chi connectivity index (χ4v) is 2.86. The van der Waals surface area contributed by atoms with Crippen LogP contribution >= 0.6 is 0 Å². The van der Waals surface area contributed by atoms with E-state index in [4.69, 9.17) is 24.7 Å². The average molecular weight is 440 g/mol. The van der Waals surface area contributed by atoms with Crippen molar-refractivity contribution in [2.45, 2.75) is 20.5 Å². The number of nitrogens with one attached hydrogen (secondary N) is 1. The van der Waals surface area contributed by atoms with Crippen molar-refractivity contribution in [3.05, 3.63) is 65.9 Å². The van der Waals surface area contributed by atoms with E-state index in [1.807, 2.05) is 32.0 Å². The number of rotatable bonds is 8. The number of nitrogens with zero attached hydrogens (tertiary/aromatic N) is 1. The monoisotopic (exact) mass is 439 g/mol. The van der Waals surface area contributed by atoms with Crippen LogP contribution in [0, 0.1) is 0 Å².